The van der Waals surface area contributed by atoms with Crippen molar-refractivity contribution in [3.8, 4) is 5.75 Å². The highest BCUT2D eigenvalue weighted by Crippen LogP contribution is 2.24. The topological polar surface area (TPSA) is 47.3 Å². The van der Waals surface area contributed by atoms with Crippen LogP contribution in [0.1, 0.15) is 49.2 Å². The van der Waals surface area contributed by atoms with Crippen LogP contribution in [0.3, 0.4) is 0 Å². The number of aromatic nitrogens is 2. The SMILES string of the molecule is CCC(C)n1ccc(CC(O)c2ccc(OC)c(C)c2)n1. The maximum atomic E-state index is 10.4. The van der Waals surface area contributed by atoms with Crippen LogP contribution in [0.2, 0.25) is 0 Å². The Morgan fingerprint density at radius 2 is 2.10 bits per heavy atom. The highest BCUT2D eigenvalue weighted by atomic mass is 16.5. The number of aliphatic hydroxyl groups is 1. The van der Waals surface area contributed by atoms with Crippen LogP contribution in [0.15, 0.2) is 30.5 Å². The summed E-state index contributed by atoms with van der Waals surface area (Å²) in [4.78, 5) is 0. The molecule has 0 aliphatic rings. The van der Waals surface area contributed by atoms with Crippen molar-refractivity contribution in [3.05, 3.63) is 47.3 Å². The van der Waals surface area contributed by atoms with Gasteiger partial charge in [0.05, 0.1) is 18.9 Å². The van der Waals surface area contributed by atoms with Gasteiger partial charge in [0.25, 0.3) is 0 Å². The van der Waals surface area contributed by atoms with E-state index in [1.165, 1.54) is 0 Å². The molecule has 1 aromatic heterocycles. The average Bonchev–Trinajstić information content (AvgIpc) is 2.94. The number of benzene rings is 1. The molecule has 2 rings (SSSR count). The fourth-order valence-corrected chi connectivity index (χ4v) is 2.34. The minimum absolute atomic E-state index is 0.388. The molecule has 0 saturated heterocycles. The maximum absolute atomic E-state index is 10.4. The fraction of sp³-hybridized carbons (Fsp3) is 0.471. The Hall–Kier alpha value is -1.81. The summed E-state index contributed by atoms with van der Waals surface area (Å²) in [7, 11) is 1.65. The second kappa shape index (κ2) is 6.76. The van der Waals surface area contributed by atoms with Crippen molar-refractivity contribution in [2.45, 2.75) is 45.8 Å². The third-order valence-corrected chi connectivity index (χ3v) is 3.91. The van der Waals surface area contributed by atoms with E-state index in [9.17, 15) is 5.11 Å². The lowest BCUT2D eigenvalue weighted by Crippen LogP contribution is -2.07. The molecule has 0 spiro atoms. The Morgan fingerprint density at radius 1 is 1.33 bits per heavy atom. The first-order valence-electron chi connectivity index (χ1n) is 7.41. The average molecular weight is 288 g/mol. The molecule has 0 amide bonds. The maximum Gasteiger partial charge on any atom is 0.121 e. The molecule has 4 heteroatoms. The summed E-state index contributed by atoms with van der Waals surface area (Å²) in [5.41, 5.74) is 2.84. The van der Waals surface area contributed by atoms with Crippen LogP contribution in [0.5, 0.6) is 5.75 Å². The zero-order valence-electron chi connectivity index (χ0n) is 13.2. The molecular weight excluding hydrogens is 264 g/mol. The minimum Gasteiger partial charge on any atom is -0.496 e. The fourth-order valence-electron chi connectivity index (χ4n) is 2.34. The van der Waals surface area contributed by atoms with Gasteiger partial charge in [-0.1, -0.05) is 13.0 Å². The van der Waals surface area contributed by atoms with E-state index in [4.69, 9.17) is 4.74 Å². The summed E-state index contributed by atoms with van der Waals surface area (Å²) < 4.78 is 7.20. The van der Waals surface area contributed by atoms with Crippen LogP contribution in [-0.2, 0) is 6.42 Å². The molecule has 1 aromatic carbocycles. The van der Waals surface area contributed by atoms with E-state index in [1.54, 1.807) is 7.11 Å². The molecule has 4 nitrogen and oxygen atoms in total. The molecule has 21 heavy (non-hydrogen) atoms. The molecule has 1 heterocycles. The zero-order valence-corrected chi connectivity index (χ0v) is 13.2. The Bertz CT molecular complexity index is 592. The number of aryl methyl sites for hydroxylation is 1. The van der Waals surface area contributed by atoms with Crippen molar-refractivity contribution >= 4 is 0 Å². The minimum atomic E-state index is -0.546. The smallest absolute Gasteiger partial charge is 0.121 e. The Balaban J connectivity index is 2.08. The van der Waals surface area contributed by atoms with Gasteiger partial charge in [0, 0.05) is 18.7 Å². The number of nitrogens with zero attached hydrogens (tertiary/aromatic N) is 2. The van der Waals surface area contributed by atoms with Gasteiger partial charge in [0.1, 0.15) is 5.75 Å². The van der Waals surface area contributed by atoms with E-state index in [2.05, 4.69) is 18.9 Å². The van der Waals surface area contributed by atoms with Gasteiger partial charge >= 0.3 is 0 Å². The van der Waals surface area contributed by atoms with Gasteiger partial charge in [-0.15, -0.1) is 0 Å². The monoisotopic (exact) mass is 288 g/mol. The van der Waals surface area contributed by atoms with Crippen molar-refractivity contribution in [2.24, 2.45) is 0 Å². The van der Waals surface area contributed by atoms with Gasteiger partial charge < -0.3 is 9.84 Å². The third kappa shape index (κ3) is 3.64. The summed E-state index contributed by atoms with van der Waals surface area (Å²) in [5.74, 6) is 0.840. The standard InChI is InChI=1S/C17H24N2O2/c1-5-13(3)19-9-8-15(18-19)11-16(20)14-6-7-17(21-4)12(2)10-14/h6-10,13,16,20H,5,11H2,1-4H3. The molecule has 0 saturated carbocycles. The molecular formula is C17H24N2O2. The summed E-state index contributed by atoms with van der Waals surface area (Å²) in [6.45, 7) is 6.26. The predicted octanol–water partition coefficient (Wildman–Crippen LogP) is 3.45. The molecule has 0 aliphatic heterocycles. The van der Waals surface area contributed by atoms with Crippen LogP contribution in [0.25, 0.3) is 0 Å². The first-order valence-corrected chi connectivity index (χ1v) is 7.41. The molecule has 1 N–H and O–H groups in total. The second-order valence-electron chi connectivity index (χ2n) is 5.49. The summed E-state index contributed by atoms with van der Waals surface area (Å²) in [5, 5.41) is 14.9. The van der Waals surface area contributed by atoms with Gasteiger partial charge in [-0.05, 0) is 49.6 Å². The van der Waals surface area contributed by atoms with Gasteiger partial charge in [-0.3, -0.25) is 4.68 Å². The lowest BCUT2D eigenvalue weighted by atomic mass is 10.0. The van der Waals surface area contributed by atoms with E-state index >= 15 is 0 Å². The van der Waals surface area contributed by atoms with Crippen molar-refractivity contribution < 1.29 is 9.84 Å². The molecule has 2 atom stereocenters. The first-order chi connectivity index (χ1) is 10.0. The van der Waals surface area contributed by atoms with Gasteiger partial charge in [-0.2, -0.15) is 5.10 Å². The number of rotatable bonds is 6. The van der Waals surface area contributed by atoms with Crippen LogP contribution in [0, 0.1) is 6.92 Å². The number of hydrogen-bond donors (Lipinski definition) is 1. The zero-order chi connectivity index (χ0) is 15.4. The summed E-state index contributed by atoms with van der Waals surface area (Å²) >= 11 is 0. The number of ether oxygens (including phenoxy) is 1. The van der Waals surface area contributed by atoms with E-state index in [-0.39, 0.29) is 0 Å². The Labute approximate surface area is 126 Å². The first kappa shape index (κ1) is 15.6. The largest absolute Gasteiger partial charge is 0.496 e. The lowest BCUT2D eigenvalue weighted by molar-refractivity contribution is 0.176. The van der Waals surface area contributed by atoms with Gasteiger partial charge in [0.2, 0.25) is 0 Å². The van der Waals surface area contributed by atoms with Crippen LogP contribution in [0.4, 0.5) is 0 Å². The summed E-state index contributed by atoms with van der Waals surface area (Å²) in [6, 6.07) is 8.13. The third-order valence-electron chi connectivity index (χ3n) is 3.91. The van der Waals surface area contributed by atoms with Gasteiger partial charge in [0.15, 0.2) is 0 Å². The van der Waals surface area contributed by atoms with Crippen LogP contribution < -0.4 is 4.74 Å². The van der Waals surface area contributed by atoms with Gasteiger partial charge in [-0.25, -0.2) is 0 Å². The molecule has 2 unspecified atom stereocenters. The van der Waals surface area contributed by atoms with Crippen molar-refractivity contribution in [1.29, 1.82) is 0 Å². The molecule has 114 valence electrons. The Kier molecular flexibility index (Phi) is 5.02. The molecule has 0 aliphatic carbocycles. The Morgan fingerprint density at radius 3 is 2.71 bits per heavy atom. The van der Waals surface area contributed by atoms with Crippen molar-refractivity contribution in [2.75, 3.05) is 7.11 Å². The molecule has 2 aromatic rings. The van der Waals surface area contributed by atoms with Crippen molar-refractivity contribution in [3.63, 3.8) is 0 Å². The lowest BCUT2D eigenvalue weighted by Gasteiger charge is -2.13. The number of hydrogen-bond acceptors (Lipinski definition) is 3. The molecule has 0 fully saturated rings. The molecule has 0 bridgehead atoms. The molecule has 0 radical (unpaired) electrons. The van der Waals surface area contributed by atoms with E-state index < -0.39 is 6.10 Å². The predicted molar refractivity (Wildman–Crippen MR) is 83.6 cm³/mol. The highest BCUT2D eigenvalue weighted by molar-refractivity contribution is 5.37. The van der Waals surface area contributed by atoms with E-state index in [0.29, 0.717) is 12.5 Å². The van der Waals surface area contributed by atoms with E-state index in [1.807, 2.05) is 42.1 Å². The highest BCUT2D eigenvalue weighted by Gasteiger charge is 2.13. The number of methoxy groups -OCH3 is 1. The van der Waals surface area contributed by atoms with Crippen LogP contribution >= 0.6 is 0 Å². The van der Waals surface area contributed by atoms with Crippen molar-refractivity contribution in [1.82, 2.24) is 9.78 Å². The quantitative estimate of drug-likeness (QED) is 0.885. The second-order valence-corrected chi connectivity index (χ2v) is 5.49. The number of aliphatic hydroxyl groups excluding tert-OH is 1. The normalized spacial score (nSPS) is 14.0. The summed E-state index contributed by atoms with van der Waals surface area (Å²) in [6.07, 6.45) is 3.00. The van der Waals surface area contributed by atoms with Crippen LogP contribution in [-0.4, -0.2) is 22.0 Å². The van der Waals surface area contributed by atoms with E-state index in [0.717, 1.165) is 29.0 Å².